The van der Waals surface area contributed by atoms with Crippen LogP contribution in [0.4, 0.5) is 4.79 Å². The summed E-state index contributed by atoms with van der Waals surface area (Å²) in [6, 6.07) is 15.7. The number of benzene rings is 2. The molecule has 1 aliphatic carbocycles. The third-order valence-corrected chi connectivity index (χ3v) is 6.06. The highest BCUT2D eigenvalue weighted by molar-refractivity contribution is 5.82. The number of carbonyl (C=O) groups is 2. The van der Waals surface area contributed by atoms with Crippen LogP contribution in [0, 0.1) is 5.92 Å². The molecule has 2 aromatic carbocycles. The van der Waals surface area contributed by atoms with E-state index in [4.69, 9.17) is 9.47 Å². The predicted octanol–water partition coefficient (Wildman–Crippen LogP) is 4.24. The molecule has 170 valence electrons. The number of hydrogen-bond acceptors (Lipinski definition) is 5. The Hall–Kier alpha value is -2.86. The Labute approximate surface area is 189 Å². The number of alkyl carbamates (subject to hydrolysis) is 1. The van der Waals surface area contributed by atoms with Crippen molar-refractivity contribution in [1.29, 1.82) is 0 Å². The highest BCUT2D eigenvalue weighted by Gasteiger charge is 2.32. The highest BCUT2D eigenvalue weighted by Crippen LogP contribution is 2.44. The SMILES string of the molecule is CC(C)(C)OC(=O)[C@H](C[C@@H]1CCNC1)NC(=O)OCC1c2ccccc2-c2ccccc21. The zero-order valence-electron chi connectivity index (χ0n) is 19.0. The smallest absolute Gasteiger partial charge is 0.407 e. The van der Waals surface area contributed by atoms with Gasteiger partial charge in [0.05, 0.1) is 0 Å². The molecule has 1 saturated heterocycles. The molecule has 0 bridgehead atoms. The van der Waals surface area contributed by atoms with E-state index in [1.165, 1.54) is 11.1 Å². The van der Waals surface area contributed by atoms with Crippen molar-refractivity contribution in [1.82, 2.24) is 10.6 Å². The van der Waals surface area contributed by atoms with Crippen molar-refractivity contribution in [3.8, 4) is 11.1 Å². The van der Waals surface area contributed by atoms with Crippen LogP contribution in [-0.4, -0.2) is 43.4 Å². The minimum Gasteiger partial charge on any atom is -0.458 e. The molecule has 4 rings (SSSR count). The maximum Gasteiger partial charge on any atom is 0.407 e. The zero-order valence-corrected chi connectivity index (χ0v) is 19.0. The molecule has 6 heteroatoms. The third-order valence-electron chi connectivity index (χ3n) is 6.06. The van der Waals surface area contributed by atoms with E-state index in [2.05, 4.69) is 34.9 Å². The first-order valence-corrected chi connectivity index (χ1v) is 11.4. The van der Waals surface area contributed by atoms with Gasteiger partial charge in [-0.3, -0.25) is 0 Å². The number of rotatable bonds is 6. The van der Waals surface area contributed by atoms with Crippen molar-refractivity contribution in [2.24, 2.45) is 5.92 Å². The van der Waals surface area contributed by atoms with Crippen molar-refractivity contribution in [3.05, 3.63) is 59.7 Å². The zero-order chi connectivity index (χ0) is 22.7. The number of carbonyl (C=O) groups excluding carboxylic acids is 2. The monoisotopic (exact) mass is 436 g/mol. The maximum absolute atomic E-state index is 12.8. The van der Waals surface area contributed by atoms with Crippen LogP contribution in [0.15, 0.2) is 48.5 Å². The second kappa shape index (κ2) is 9.33. The minimum atomic E-state index is -0.727. The van der Waals surface area contributed by atoms with Crippen molar-refractivity contribution in [2.75, 3.05) is 19.7 Å². The summed E-state index contributed by atoms with van der Waals surface area (Å²) in [4.78, 5) is 25.5. The van der Waals surface area contributed by atoms with E-state index >= 15 is 0 Å². The van der Waals surface area contributed by atoms with Crippen LogP contribution in [0.25, 0.3) is 11.1 Å². The summed E-state index contributed by atoms with van der Waals surface area (Å²) < 4.78 is 11.2. The van der Waals surface area contributed by atoms with Gasteiger partial charge in [-0.05, 0) is 74.9 Å². The Morgan fingerprint density at radius 1 is 1.06 bits per heavy atom. The normalized spacial score (nSPS) is 18.5. The number of nitrogens with one attached hydrogen (secondary N) is 2. The molecule has 1 aliphatic heterocycles. The molecule has 1 heterocycles. The fourth-order valence-corrected chi connectivity index (χ4v) is 4.62. The molecule has 32 heavy (non-hydrogen) atoms. The molecular weight excluding hydrogens is 404 g/mol. The van der Waals surface area contributed by atoms with E-state index in [9.17, 15) is 9.59 Å². The van der Waals surface area contributed by atoms with Crippen LogP contribution in [0.1, 0.15) is 50.7 Å². The molecule has 2 aromatic rings. The molecule has 1 amide bonds. The highest BCUT2D eigenvalue weighted by atomic mass is 16.6. The summed E-state index contributed by atoms with van der Waals surface area (Å²) in [5.74, 6) is -0.119. The second-order valence-electron chi connectivity index (χ2n) is 9.65. The van der Waals surface area contributed by atoms with Gasteiger partial charge in [-0.25, -0.2) is 9.59 Å². The van der Waals surface area contributed by atoms with E-state index in [-0.39, 0.29) is 12.5 Å². The molecule has 0 radical (unpaired) electrons. The van der Waals surface area contributed by atoms with Gasteiger partial charge in [0, 0.05) is 5.92 Å². The molecule has 2 atom stereocenters. The molecule has 2 N–H and O–H groups in total. The summed E-state index contributed by atoms with van der Waals surface area (Å²) >= 11 is 0. The lowest BCUT2D eigenvalue weighted by molar-refractivity contribution is -0.157. The Bertz CT molecular complexity index is 930. The fraction of sp³-hybridized carbons (Fsp3) is 0.462. The van der Waals surface area contributed by atoms with Crippen LogP contribution in [-0.2, 0) is 14.3 Å². The molecule has 0 unspecified atom stereocenters. The second-order valence-corrected chi connectivity index (χ2v) is 9.65. The number of ether oxygens (including phenoxy) is 2. The van der Waals surface area contributed by atoms with Gasteiger partial charge in [0.2, 0.25) is 0 Å². The van der Waals surface area contributed by atoms with Crippen molar-refractivity contribution >= 4 is 12.1 Å². The van der Waals surface area contributed by atoms with Crippen molar-refractivity contribution in [3.63, 3.8) is 0 Å². The molecule has 1 fully saturated rings. The van der Waals surface area contributed by atoms with Gasteiger partial charge in [-0.2, -0.15) is 0 Å². The number of esters is 1. The van der Waals surface area contributed by atoms with E-state index in [1.807, 2.05) is 45.0 Å². The van der Waals surface area contributed by atoms with E-state index in [0.717, 1.165) is 30.6 Å². The summed E-state index contributed by atoms with van der Waals surface area (Å²) in [6.45, 7) is 7.46. The van der Waals surface area contributed by atoms with Gasteiger partial charge in [-0.15, -0.1) is 0 Å². The lowest BCUT2D eigenvalue weighted by Crippen LogP contribution is -2.45. The molecule has 0 spiro atoms. The summed E-state index contributed by atoms with van der Waals surface area (Å²) in [5.41, 5.74) is 4.05. The van der Waals surface area contributed by atoms with Crippen molar-refractivity contribution < 1.29 is 19.1 Å². The van der Waals surface area contributed by atoms with Crippen LogP contribution in [0.2, 0.25) is 0 Å². The summed E-state index contributed by atoms with van der Waals surface area (Å²) in [6.07, 6.45) is 0.922. The lowest BCUT2D eigenvalue weighted by atomic mass is 9.98. The Morgan fingerprint density at radius 3 is 2.25 bits per heavy atom. The van der Waals surface area contributed by atoms with Gasteiger partial charge in [0.25, 0.3) is 0 Å². The maximum atomic E-state index is 12.8. The van der Waals surface area contributed by atoms with Crippen LogP contribution >= 0.6 is 0 Å². The predicted molar refractivity (Wildman–Crippen MR) is 123 cm³/mol. The number of amides is 1. The Balaban J connectivity index is 1.42. The van der Waals surface area contributed by atoms with Gasteiger partial charge < -0.3 is 20.1 Å². The van der Waals surface area contributed by atoms with Gasteiger partial charge in [-0.1, -0.05) is 48.5 Å². The third kappa shape index (κ3) is 5.13. The largest absolute Gasteiger partial charge is 0.458 e. The average molecular weight is 437 g/mol. The molecule has 0 saturated carbocycles. The Kier molecular flexibility index (Phi) is 6.51. The molecule has 2 aliphatic rings. The number of fused-ring (bicyclic) bond motifs is 3. The lowest BCUT2D eigenvalue weighted by Gasteiger charge is -2.26. The molecule has 0 aromatic heterocycles. The van der Waals surface area contributed by atoms with Gasteiger partial charge >= 0.3 is 12.1 Å². The number of hydrogen-bond donors (Lipinski definition) is 2. The Morgan fingerprint density at radius 2 is 1.69 bits per heavy atom. The molecule has 6 nitrogen and oxygen atoms in total. The van der Waals surface area contributed by atoms with E-state index in [1.54, 1.807) is 0 Å². The summed E-state index contributed by atoms with van der Waals surface area (Å²) in [5, 5.41) is 6.08. The first kappa shape index (κ1) is 22.3. The fourth-order valence-electron chi connectivity index (χ4n) is 4.62. The van der Waals surface area contributed by atoms with Gasteiger partial charge in [0.15, 0.2) is 0 Å². The average Bonchev–Trinajstić information content (AvgIpc) is 3.37. The summed E-state index contributed by atoms with van der Waals surface area (Å²) in [7, 11) is 0. The topological polar surface area (TPSA) is 76.7 Å². The quantitative estimate of drug-likeness (QED) is 0.663. The van der Waals surface area contributed by atoms with Crippen LogP contribution in [0.5, 0.6) is 0 Å². The first-order chi connectivity index (χ1) is 15.3. The minimum absolute atomic E-state index is 0.0211. The first-order valence-electron chi connectivity index (χ1n) is 11.4. The van der Waals surface area contributed by atoms with Crippen LogP contribution in [0.3, 0.4) is 0 Å². The van der Waals surface area contributed by atoms with E-state index in [0.29, 0.717) is 12.3 Å². The molecular formula is C26H32N2O4. The van der Waals surface area contributed by atoms with Gasteiger partial charge in [0.1, 0.15) is 18.2 Å². The standard InChI is InChI=1S/C26H32N2O4/c1-26(2,3)32-24(29)23(14-17-12-13-27-15-17)28-25(30)31-16-22-20-10-6-4-8-18(20)19-9-5-7-11-21(19)22/h4-11,17,22-23,27H,12-16H2,1-3H3,(H,28,30)/t17-,23-/m0/s1. The van der Waals surface area contributed by atoms with E-state index < -0.39 is 23.7 Å². The van der Waals surface area contributed by atoms with Crippen molar-refractivity contribution in [2.45, 2.75) is 51.2 Å². The van der Waals surface area contributed by atoms with Crippen LogP contribution < -0.4 is 10.6 Å².